The summed E-state index contributed by atoms with van der Waals surface area (Å²) in [5.74, 6) is -0.0552. The van der Waals surface area contributed by atoms with Gasteiger partial charge in [0.1, 0.15) is 0 Å². The monoisotopic (exact) mass is 300 g/mol. The van der Waals surface area contributed by atoms with Crippen LogP contribution < -0.4 is 11.1 Å². The topological polar surface area (TPSA) is 72.9 Å². The molecule has 20 heavy (non-hydrogen) atoms. The summed E-state index contributed by atoms with van der Waals surface area (Å²) < 4.78 is 1.69. The molecule has 1 saturated carbocycles. The summed E-state index contributed by atoms with van der Waals surface area (Å²) in [6.45, 7) is 2.56. The minimum atomic E-state index is -0.220. The molecule has 3 N–H and O–H groups in total. The van der Waals surface area contributed by atoms with Crippen LogP contribution in [-0.2, 0) is 13.5 Å². The van der Waals surface area contributed by atoms with E-state index in [1.54, 1.807) is 10.9 Å². The molecule has 114 valence electrons. The van der Waals surface area contributed by atoms with Gasteiger partial charge < -0.3 is 11.1 Å². The molecular formula is C14H25ClN4O. The lowest BCUT2D eigenvalue weighted by Crippen LogP contribution is -2.51. The van der Waals surface area contributed by atoms with Gasteiger partial charge >= 0.3 is 0 Å². The van der Waals surface area contributed by atoms with Crippen molar-refractivity contribution in [1.29, 1.82) is 0 Å². The summed E-state index contributed by atoms with van der Waals surface area (Å²) in [6, 6.07) is 0. The predicted octanol–water partition coefficient (Wildman–Crippen LogP) is 1.80. The van der Waals surface area contributed by atoms with Crippen molar-refractivity contribution in [3.63, 3.8) is 0 Å². The Kier molecular flexibility index (Phi) is 6.02. The Hall–Kier alpha value is -1.07. The number of amides is 1. The normalized spacial score (nSPS) is 17.4. The third-order valence-electron chi connectivity index (χ3n) is 3.94. The number of hydrogen-bond acceptors (Lipinski definition) is 3. The minimum Gasteiger partial charge on any atom is -0.350 e. The fourth-order valence-corrected chi connectivity index (χ4v) is 2.77. The maximum absolute atomic E-state index is 12.2. The SMILES string of the molecule is CCc1nn(C)cc1C(=O)NCC1(N)CCCCC1.Cl. The second-order valence-corrected chi connectivity index (χ2v) is 5.62. The molecular weight excluding hydrogens is 276 g/mol. The molecule has 0 aromatic carbocycles. The highest BCUT2D eigenvalue weighted by Crippen LogP contribution is 2.25. The van der Waals surface area contributed by atoms with Gasteiger partial charge in [-0.25, -0.2) is 0 Å². The number of aryl methyl sites for hydroxylation is 2. The van der Waals surface area contributed by atoms with Crippen LogP contribution in [0.1, 0.15) is 55.1 Å². The molecule has 1 amide bonds. The first-order valence-corrected chi connectivity index (χ1v) is 7.14. The molecule has 0 aliphatic heterocycles. The van der Waals surface area contributed by atoms with Crippen molar-refractivity contribution < 1.29 is 4.79 Å². The first-order chi connectivity index (χ1) is 9.04. The lowest BCUT2D eigenvalue weighted by molar-refractivity contribution is 0.0936. The van der Waals surface area contributed by atoms with Crippen molar-refractivity contribution in [2.45, 2.75) is 51.0 Å². The van der Waals surface area contributed by atoms with Crippen molar-refractivity contribution in [2.75, 3.05) is 6.54 Å². The van der Waals surface area contributed by atoms with E-state index in [9.17, 15) is 4.79 Å². The van der Waals surface area contributed by atoms with Gasteiger partial charge in [-0.3, -0.25) is 9.48 Å². The lowest BCUT2D eigenvalue weighted by atomic mass is 9.82. The second-order valence-electron chi connectivity index (χ2n) is 5.62. The van der Waals surface area contributed by atoms with Gasteiger partial charge in [0, 0.05) is 25.3 Å². The third kappa shape index (κ3) is 3.96. The van der Waals surface area contributed by atoms with Crippen LogP contribution >= 0.6 is 12.4 Å². The summed E-state index contributed by atoms with van der Waals surface area (Å²) in [5.41, 5.74) is 7.62. The van der Waals surface area contributed by atoms with E-state index in [0.717, 1.165) is 25.0 Å². The zero-order valence-corrected chi connectivity index (χ0v) is 13.1. The zero-order valence-electron chi connectivity index (χ0n) is 12.3. The standard InChI is InChI=1S/C14H24N4O.ClH/c1-3-12-11(9-18(2)17-12)13(19)16-10-14(15)7-5-4-6-8-14;/h9H,3-8,10,15H2,1-2H3,(H,16,19);1H. The quantitative estimate of drug-likeness (QED) is 0.890. The number of nitrogens with zero attached hydrogens (tertiary/aromatic N) is 2. The largest absolute Gasteiger partial charge is 0.350 e. The smallest absolute Gasteiger partial charge is 0.254 e. The molecule has 2 rings (SSSR count). The number of halogens is 1. The third-order valence-corrected chi connectivity index (χ3v) is 3.94. The van der Waals surface area contributed by atoms with Gasteiger partial charge in [-0.2, -0.15) is 5.10 Å². The average Bonchev–Trinajstić information content (AvgIpc) is 2.78. The van der Waals surface area contributed by atoms with Crippen LogP contribution in [0.25, 0.3) is 0 Å². The Morgan fingerprint density at radius 2 is 2.10 bits per heavy atom. The first-order valence-electron chi connectivity index (χ1n) is 7.14. The number of aromatic nitrogens is 2. The zero-order chi connectivity index (χ0) is 13.9. The molecule has 0 atom stereocenters. The van der Waals surface area contributed by atoms with Gasteiger partial charge in [0.15, 0.2) is 0 Å². The van der Waals surface area contributed by atoms with E-state index >= 15 is 0 Å². The molecule has 1 aromatic heterocycles. The Balaban J connectivity index is 0.00000200. The summed E-state index contributed by atoms with van der Waals surface area (Å²) in [4.78, 5) is 12.2. The van der Waals surface area contributed by atoms with E-state index in [4.69, 9.17) is 5.73 Å². The number of carbonyl (C=O) groups excluding carboxylic acids is 1. The fourth-order valence-electron chi connectivity index (χ4n) is 2.77. The summed E-state index contributed by atoms with van der Waals surface area (Å²) >= 11 is 0. The van der Waals surface area contributed by atoms with Gasteiger partial charge in [0.25, 0.3) is 5.91 Å². The molecule has 1 aliphatic carbocycles. The first kappa shape index (κ1) is 17.0. The molecule has 0 unspecified atom stereocenters. The van der Waals surface area contributed by atoms with Crippen molar-refractivity contribution >= 4 is 18.3 Å². The van der Waals surface area contributed by atoms with E-state index in [2.05, 4.69) is 10.4 Å². The van der Waals surface area contributed by atoms with Crippen molar-refractivity contribution in [2.24, 2.45) is 12.8 Å². The van der Waals surface area contributed by atoms with E-state index in [-0.39, 0.29) is 23.9 Å². The maximum atomic E-state index is 12.2. The molecule has 1 fully saturated rings. The Morgan fingerprint density at radius 1 is 1.45 bits per heavy atom. The Morgan fingerprint density at radius 3 is 2.70 bits per heavy atom. The summed E-state index contributed by atoms with van der Waals surface area (Å²) in [6.07, 6.45) is 8.13. The lowest BCUT2D eigenvalue weighted by Gasteiger charge is -2.33. The number of nitrogens with two attached hydrogens (primary N) is 1. The van der Waals surface area contributed by atoms with E-state index in [0.29, 0.717) is 12.1 Å². The van der Waals surface area contributed by atoms with Crippen LogP contribution in [0.5, 0.6) is 0 Å². The van der Waals surface area contributed by atoms with Crippen LogP contribution in [0.3, 0.4) is 0 Å². The van der Waals surface area contributed by atoms with Crippen LogP contribution in [0.4, 0.5) is 0 Å². The van der Waals surface area contributed by atoms with E-state index in [1.807, 2.05) is 14.0 Å². The highest BCUT2D eigenvalue weighted by molar-refractivity contribution is 5.95. The number of nitrogens with one attached hydrogen (secondary N) is 1. The highest BCUT2D eigenvalue weighted by atomic mass is 35.5. The molecule has 5 nitrogen and oxygen atoms in total. The molecule has 0 saturated heterocycles. The number of hydrogen-bond donors (Lipinski definition) is 2. The summed E-state index contributed by atoms with van der Waals surface area (Å²) in [7, 11) is 1.83. The minimum absolute atomic E-state index is 0. The molecule has 1 aromatic rings. The molecule has 1 heterocycles. The number of rotatable bonds is 4. The van der Waals surface area contributed by atoms with Gasteiger partial charge in [0.05, 0.1) is 11.3 Å². The molecule has 1 aliphatic rings. The van der Waals surface area contributed by atoms with Crippen LogP contribution in [0.2, 0.25) is 0 Å². The summed E-state index contributed by atoms with van der Waals surface area (Å²) in [5, 5.41) is 7.27. The second kappa shape index (κ2) is 7.09. The maximum Gasteiger partial charge on any atom is 0.254 e. The van der Waals surface area contributed by atoms with Crippen LogP contribution in [0.15, 0.2) is 6.20 Å². The molecule has 0 radical (unpaired) electrons. The molecule has 0 bridgehead atoms. The Bertz CT molecular complexity index is 452. The van der Waals surface area contributed by atoms with Crippen LogP contribution in [0, 0.1) is 0 Å². The van der Waals surface area contributed by atoms with Crippen LogP contribution in [-0.4, -0.2) is 27.8 Å². The Labute approximate surface area is 126 Å². The van der Waals surface area contributed by atoms with Gasteiger partial charge in [0.2, 0.25) is 0 Å². The predicted molar refractivity (Wildman–Crippen MR) is 82.2 cm³/mol. The highest BCUT2D eigenvalue weighted by Gasteiger charge is 2.28. The van der Waals surface area contributed by atoms with E-state index in [1.165, 1.54) is 19.3 Å². The average molecular weight is 301 g/mol. The number of carbonyl (C=O) groups is 1. The van der Waals surface area contributed by atoms with Gasteiger partial charge in [-0.05, 0) is 19.3 Å². The van der Waals surface area contributed by atoms with Gasteiger partial charge in [-0.15, -0.1) is 12.4 Å². The van der Waals surface area contributed by atoms with Crippen molar-refractivity contribution in [3.05, 3.63) is 17.5 Å². The van der Waals surface area contributed by atoms with Gasteiger partial charge in [-0.1, -0.05) is 26.2 Å². The molecule has 0 spiro atoms. The fraction of sp³-hybridized carbons (Fsp3) is 0.714. The van der Waals surface area contributed by atoms with E-state index < -0.39 is 0 Å². The van der Waals surface area contributed by atoms with Crippen molar-refractivity contribution in [3.8, 4) is 0 Å². The van der Waals surface area contributed by atoms with Crippen molar-refractivity contribution in [1.82, 2.24) is 15.1 Å². The molecule has 6 heteroatoms.